The Morgan fingerprint density at radius 1 is 1.19 bits per heavy atom. The van der Waals surface area contributed by atoms with Gasteiger partial charge in [0.05, 0.1) is 10.9 Å². The van der Waals surface area contributed by atoms with Crippen LogP contribution in [0.5, 0.6) is 0 Å². The van der Waals surface area contributed by atoms with E-state index in [-0.39, 0.29) is 11.2 Å². The van der Waals surface area contributed by atoms with Gasteiger partial charge in [0.1, 0.15) is 6.33 Å². The maximum atomic E-state index is 13.0. The molecular weight excluding hydrogens is 380 g/mol. The fourth-order valence-corrected chi connectivity index (χ4v) is 4.37. The Hall–Kier alpha value is -2.31. The van der Waals surface area contributed by atoms with Crippen LogP contribution in [-0.4, -0.2) is 37.4 Å². The molecule has 7 heteroatoms. The van der Waals surface area contributed by atoms with Gasteiger partial charge in [-0.3, -0.25) is 9.36 Å². The summed E-state index contributed by atoms with van der Waals surface area (Å²) < 4.78 is 1.85. The van der Waals surface area contributed by atoms with Crippen molar-refractivity contribution in [3.63, 3.8) is 0 Å². The number of fused-ring (bicyclic) bond motifs is 1. The molecule has 2 heterocycles. The Balaban J connectivity index is 1.48. The van der Waals surface area contributed by atoms with E-state index in [1.54, 1.807) is 6.33 Å². The van der Waals surface area contributed by atoms with Crippen LogP contribution < -0.4 is 0 Å². The Morgan fingerprint density at radius 3 is 2.81 bits per heavy atom. The van der Waals surface area contributed by atoms with Crippen molar-refractivity contribution in [2.24, 2.45) is 0 Å². The minimum Gasteiger partial charge on any atom is -0.337 e. The normalized spacial score (nSPS) is 14.7. The summed E-state index contributed by atoms with van der Waals surface area (Å²) in [7, 11) is 0. The molecule has 2 aromatic carbocycles. The summed E-state index contributed by atoms with van der Waals surface area (Å²) in [5.41, 5.74) is 3.44. The molecule has 0 saturated carbocycles. The molecule has 0 N–H and O–H groups in total. The lowest BCUT2D eigenvalue weighted by molar-refractivity contribution is -0.131. The molecule has 1 aromatic heterocycles. The molecule has 1 aliphatic rings. The number of benzene rings is 2. The molecule has 1 atom stereocenters. The number of halogens is 1. The summed E-state index contributed by atoms with van der Waals surface area (Å²) in [5.74, 6) is 0.121. The van der Waals surface area contributed by atoms with Crippen LogP contribution in [-0.2, 0) is 17.8 Å². The summed E-state index contributed by atoms with van der Waals surface area (Å²) >= 11 is 7.51. The van der Waals surface area contributed by atoms with E-state index >= 15 is 0 Å². The largest absolute Gasteiger partial charge is 0.337 e. The number of carbonyl (C=O) groups excluding carboxylic acids is 1. The number of rotatable bonds is 4. The molecule has 1 aliphatic heterocycles. The molecule has 0 bridgehead atoms. The number of thioether (sulfide) groups is 1. The van der Waals surface area contributed by atoms with Crippen LogP contribution in [0.4, 0.5) is 0 Å². The molecule has 0 spiro atoms. The third-order valence-electron chi connectivity index (χ3n) is 4.68. The van der Waals surface area contributed by atoms with E-state index in [0.29, 0.717) is 16.7 Å². The highest BCUT2D eigenvalue weighted by atomic mass is 35.5. The topological polar surface area (TPSA) is 51.0 Å². The van der Waals surface area contributed by atoms with Gasteiger partial charge in [-0.1, -0.05) is 53.7 Å². The highest BCUT2D eigenvalue weighted by Gasteiger charge is 2.26. The lowest BCUT2D eigenvalue weighted by Gasteiger charge is -2.30. The molecule has 0 aliphatic carbocycles. The van der Waals surface area contributed by atoms with Crippen molar-refractivity contribution in [3.05, 3.63) is 71.0 Å². The van der Waals surface area contributed by atoms with Crippen molar-refractivity contribution in [1.82, 2.24) is 19.7 Å². The third kappa shape index (κ3) is 3.87. The monoisotopic (exact) mass is 398 g/mol. The van der Waals surface area contributed by atoms with Gasteiger partial charge in [0.25, 0.3) is 0 Å². The number of aromatic nitrogens is 3. The highest BCUT2D eigenvalue weighted by Crippen LogP contribution is 2.27. The van der Waals surface area contributed by atoms with Crippen LogP contribution in [0.15, 0.2) is 60.0 Å². The zero-order valence-corrected chi connectivity index (χ0v) is 16.5. The zero-order chi connectivity index (χ0) is 18.8. The van der Waals surface area contributed by atoms with Gasteiger partial charge in [0, 0.05) is 18.1 Å². The molecule has 0 fully saturated rings. The molecule has 0 saturated heterocycles. The van der Waals surface area contributed by atoms with Crippen LogP contribution in [0.3, 0.4) is 0 Å². The van der Waals surface area contributed by atoms with E-state index in [1.165, 1.54) is 22.9 Å². The smallest absolute Gasteiger partial charge is 0.236 e. The van der Waals surface area contributed by atoms with Crippen LogP contribution in [0.2, 0.25) is 5.02 Å². The zero-order valence-electron chi connectivity index (χ0n) is 14.9. The van der Waals surface area contributed by atoms with Gasteiger partial charge in [-0.05, 0) is 42.7 Å². The molecule has 4 rings (SSSR count). The number of hydrogen-bond donors (Lipinski definition) is 0. The summed E-state index contributed by atoms with van der Waals surface area (Å²) in [6, 6.07) is 15.8. The van der Waals surface area contributed by atoms with Gasteiger partial charge in [-0.15, -0.1) is 10.2 Å². The number of hydrogen-bond acceptors (Lipinski definition) is 4. The minimum absolute atomic E-state index is 0.121. The Kier molecular flexibility index (Phi) is 5.18. The van der Waals surface area contributed by atoms with Gasteiger partial charge in [0.15, 0.2) is 5.16 Å². The van der Waals surface area contributed by atoms with E-state index in [0.717, 1.165) is 18.7 Å². The molecule has 1 amide bonds. The van der Waals surface area contributed by atoms with E-state index in [2.05, 4.69) is 28.4 Å². The van der Waals surface area contributed by atoms with Crippen LogP contribution in [0.1, 0.15) is 18.1 Å². The van der Waals surface area contributed by atoms with Crippen molar-refractivity contribution < 1.29 is 4.79 Å². The lowest BCUT2D eigenvalue weighted by atomic mass is 10.00. The van der Waals surface area contributed by atoms with Gasteiger partial charge < -0.3 is 4.90 Å². The first-order chi connectivity index (χ1) is 13.1. The fourth-order valence-electron chi connectivity index (χ4n) is 3.26. The van der Waals surface area contributed by atoms with Crippen LogP contribution >= 0.6 is 23.4 Å². The summed E-state index contributed by atoms with van der Waals surface area (Å²) in [4.78, 5) is 14.9. The van der Waals surface area contributed by atoms with E-state index in [4.69, 9.17) is 11.6 Å². The highest BCUT2D eigenvalue weighted by molar-refractivity contribution is 8.00. The summed E-state index contributed by atoms with van der Waals surface area (Å²) in [5, 5.41) is 9.27. The van der Waals surface area contributed by atoms with Gasteiger partial charge >= 0.3 is 0 Å². The molecule has 5 nitrogen and oxygen atoms in total. The first-order valence-corrected chi connectivity index (χ1v) is 10.1. The maximum Gasteiger partial charge on any atom is 0.236 e. The van der Waals surface area contributed by atoms with Crippen LogP contribution in [0.25, 0.3) is 5.69 Å². The van der Waals surface area contributed by atoms with Crippen molar-refractivity contribution in [1.29, 1.82) is 0 Å². The second-order valence-corrected chi connectivity index (χ2v) is 8.25. The Morgan fingerprint density at radius 2 is 2.00 bits per heavy atom. The Labute approximate surface area is 167 Å². The number of amides is 1. The average Bonchev–Trinajstić information content (AvgIpc) is 3.15. The maximum absolute atomic E-state index is 13.0. The molecular formula is C20H19ClN4OS. The van der Waals surface area contributed by atoms with Crippen molar-refractivity contribution >= 4 is 29.3 Å². The lowest BCUT2D eigenvalue weighted by Crippen LogP contribution is -2.40. The predicted molar refractivity (Wildman–Crippen MR) is 107 cm³/mol. The quantitative estimate of drug-likeness (QED) is 0.623. The predicted octanol–water partition coefficient (Wildman–Crippen LogP) is 3.99. The van der Waals surface area contributed by atoms with Crippen molar-refractivity contribution in [3.8, 4) is 5.69 Å². The first kappa shape index (κ1) is 18.1. The molecule has 3 aromatic rings. The number of carbonyl (C=O) groups is 1. The van der Waals surface area contributed by atoms with E-state index in [9.17, 15) is 4.79 Å². The van der Waals surface area contributed by atoms with Crippen molar-refractivity contribution in [2.45, 2.75) is 30.3 Å². The summed E-state index contributed by atoms with van der Waals surface area (Å²) in [6.45, 7) is 3.34. The first-order valence-electron chi connectivity index (χ1n) is 8.80. The van der Waals surface area contributed by atoms with E-state index in [1.807, 2.05) is 46.7 Å². The third-order valence-corrected chi connectivity index (χ3v) is 5.95. The molecule has 138 valence electrons. The van der Waals surface area contributed by atoms with Gasteiger partial charge in [0.2, 0.25) is 5.91 Å². The Bertz CT molecular complexity index is 974. The van der Waals surface area contributed by atoms with Crippen molar-refractivity contribution in [2.75, 3.05) is 6.54 Å². The van der Waals surface area contributed by atoms with Gasteiger partial charge in [-0.25, -0.2) is 0 Å². The van der Waals surface area contributed by atoms with Crippen LogP contribution in [0, 0.1) is 0 Å². The average molecular weight is 399 g/mol. The fraction of sp³-hybridized carbons (Fsp3) is 0.250. The molecule has 0 radical (unpaired) electrons. The second kappa shape index (κ2) is 7.74. The van der Waals surface area contributed by atoms with E-state index < -0.39 is 0 Å². The minimum atomic E-state index is -0.252. The SMILES string of the molecule is CC(Sc1nncn1-c1cccc(Cl)c1)C(=O)N1CCc2ccccc2C1. The molecule has 27 heavy (non-hydrogen) atoms. The second-order valence-electron chi connectivity index (χ2n) is 6.50. The number of nitrogens with zero attached hydrogens (tertiary/aromatic N) is 4. The standard InChI is InChI=1S/C20H19ClN4OS/c1-14(19(26)24-10-9-15-5-2-3-6-16(15)12-24)27-20-23-22-13-25(20)18-8-4-7-17(21)11-18/h2-8,11,13-14H,9-10,12H2,1H3. The van der Waals surface area contributed by atoms with Gasteiger partial charge in [-0.2, -0.15) is 0 Å². The summed E-state index contributed by atoms with van der Waals surface area (Å²) in [6.07, 6.45) is 2.54. The molecule has 1 unspecified atom stereocenters.